The lowest BCUT2D eigenvalue weighted by molar-refractivity contribution is 0.269. The van der Waals surface area contributed by atoms with Gasteiger partial charge < -0.3 is 9.63 Å². The SMILES string of the molecule is CCCCCC(C#C/C=C\C[C@H]1C[C@H]1CO)OP. The lowest BCUT2D eigenvalue weighted by Crippen LogP contribution is -2.03. The highest BCUT2D eigenvalue weighted by Gasteiger charge is 2.34. The lowest BCUT2D eigenvalue weighted by Gasteiger charge is -2.06. The maximum Gasteiger partial charge on any atom is 0.122 e. The molecule has 3 heteroatoms. The van der Waals surface area contributed by atoms with E-state index in [-0.39, 0.29) is 6.10 Å². The summed E-state index contributed by atoms with van der Waals surface area (Å²) in [5, 5.41) is 8.92. The molecule has 0 aromatic rings. The minimum absolute atomic E-state index is 0.0392. The monoisotopic (exact) mass is 268 g/mol. The van der Waals surface area contributed by atoms with Gasteiger partial charge in [0.15, 0.2) is 0 Å². The molecule has 1 fully saturated rings. The van der Waals surface area contributed by atoms with E-state index in [2.05, 4.69) is 34.3 Å². The van der Waals surface area contributed by atoms with Gasteiger partial charge in [0, 0.05) is 16.1 Å². The molecule has 0 amide bonds. The van der Waals surface area contributed by atoms with Gasteiger partial charge in [0.1, 0.15) is 6.10 Å². The van der Waals surface area contributed by atoms with Crippen LogP contribution in [-0.4, -0.2) is 17.8 Å². The van der Waals surface area contributed by atoms with Crippen molar-refractivity contribution in [1.29, 1.82) is 0 Å². The third kappa shape index (κ3) is 6.55. The topological polar surface area (TPSA) is 29.5 Å². The summed E-state index contributed by atoms with van der Waals surface area (Å²) in [6.07, 6.45) is 10.9. The fourth-order valence-corrected chi connectivity index (χ4v) is 2.22. The van der Waals surface area contributed by atoms with Crippen molar-refractivity contribution < 1.29 is 9.63 Å². The maximum absolute atomic E-state index is 8.92. The van der Waals surface area contributed by atoms with Gasteiger partial charge >= 0.3 is 0 Å². The van der Waals surface area contributed by atoms with Crippen molar-refractivity contribution in [3.63, 3.8) is 0 Å². The first-order valence-corrected chi connectivity index (χ1v) is 7.41. The first-order chi connectivity index (χ1) is 8.81. The molecule has 0 bridgehead atoms. The Morgan fingerprint density at radius 1 is 1.44 bits per heavy atom. The summed E-state index contributed by atoms with van der Waals surface area (Å²) >= 11 is 0. The summed E-state index contributed by atoms with van der Waals surface area (Å²) in [7, 11) is 2.31. The van der Waals surface area contributed by atoms with Gasteiger partial charge in [-0.2, -0.15) is 0 Å². The molecule has 2 unspecified atom stereocenters. The Labute approximate surface area is 113 Å². The van der Waals surface area contributed by atoms with Crippen molar-refractivity contribution >= 4 is 9.47 Å². The van der Waals surface area contributed by atoms with Crippen molar-refractivity contribution in [2.45, 2.75) is 51.6 Å². The normalized spacial score (nSPS) is 23.7. The van der Waals surface area contributed by atoms with E-state index in [4.69, 9.17) is 9.63 Å². The van der Waals surface area contributed by atoms with Gasteiger partial charge in [-0.25, -0.2) is 0 Å². The van der Waals surface area contributed by atoms with Gasteiger partial charge in [0.25, 0.3) is 0 Å². The van der Waals surface area contributed by atoms with Gasteiger partial charge in [0.05, 0.1) is 0 Å². The van der Waals surface area contributed by atoms with Crippen LogP contribution in [0.5, 0.6) is 0 Å². The van der Waals surface area contributed by atoms with Crippen LogP contribution in [0.3, 0.4) is 0 Å². The number of allylic oxidation sites excluding steroid dienone is 2. The standard InChI is InChI=1S/C15H25O2P/c1-2-3-5-9-15(17-18)10-7-4-6-8-13-11-14(13)12-16/h4,6,13-16H,2-3,5,8-9,11-12,18H2,1H3/b6-4-/t13-,14-,15?/m0/s1. The molecule has 0 aliphatic heterocycles. The first-order valence-electron chi connectivity index (χ1n) is 6.94. The molecule has 1 N–H and O–H groups in total. The largest absolute Gasteiger partial charge is 0.396 e. The van der Waals surface area contributed by atoms with Crippen molar-refractivity contribution in [2.75, 3.05) is 6.61 Å². The smallest absolute Gasteiger partial charge is 0.122 e. The van der Waals surface area contributed by atoms with E-state index in [9.17, 15) is 0 Å². The molecular formula is C15H25O2P. The molecule has 0 aromatic heterocycles. The first kappa shape index (κ1) is 15.7. The molecule has 102 valence electrons. The lowest BCUT2D eigenvalue weighted by atomic mass is 10.1. The number of hydrogen-bond donors (Lipinski definition) is 1. The molecule has 0 radical (unpaired) electrons. The Bertz CT molecular complexity index is 303. The number of aliphatic hydroxyl groups is 1. The zero-order valence-corrected chi connectivity index (χ0v) is 12.4. The summed E-state index contributed by atoms with van der Waals surface area (Å²) in [6, 6.07) is 0. The second-order valence-electron chi connectivity index (χ2n) is 4.99. The highest BCUT2D eigenvalue weighted by molar-refractivity contribution is 7.09. The molecule has 1 saturated carbocycles. The number of aliphatic hydroxyl groups excluding tert-OH is 1. The zero-order valence-electron chi connectivity index (χ0n) is 11.3. The molecule has 4 atom stereocenters. The third-order valence-corrected chi connectivity index (χ3v) is 3.75. The van der Waals surface area contributed by atoms with E-state index >= 15 is 0 Å². The van der Waals surface area contributed by atoms with Crippen LogP contribution in [-0.2, 0) is 4.52 Å². The molecular weight excluding hydrogens is 243 g/mol. The average Bonchev–Trinajstić information content (AvgIpc) is 3.15. The summed E-state index contributed by atoms with van der Waals surface area (Å²) in [5.41, 5.74) is 0. The Morgan fingerprint density at radius 3 is 2.89 bits per heavy atom. The number of unbranched alkanes of at least 4 members (excludes halogenated alkanes) is 2. The second-order valence-corrected chi connectivity index (χ2v) is 5.26. The van der Waals surface area contributed by atoms with Gasteiger partial charge in [-0.05, 0) is 43.6 Å². The molecule has 18 heavy (non-hydrogen) atoms. The van der Waals surface area contributed by atoms with E-state index in [1.165, 1.54) is 25.7 Å². The summed E-state index contributed by atoms with van der Waals surface area (Å²) < 4.78 is 5.25. The number of hydrogen-bond acceptors (Lipinski definition) is 2. The van der Waals surface area contributed by atoms with Crippen molar-refractivity contribution in [2.24, 2.45) is 11.8 Å². The zero-order chi connectivity index (χ0) is 13.2. The summed E-state index contributed by atoms with van der Waals surface area (Å²) in [5.74, 6) is 7.39. The fourth-order valence-electron chi connectivity index (χ4n) is 2.02. The van der Waals surface area contributed by atoms with E-state index in [1.807, 2.05) is 6.08 Å². The average molecular weight is 268 g/mol. The van der Waals surface area contributed by atoms with Crippen LogP contribution in [0, 0.1) is 23.7 Å². The fraction of sp³-hybridized carbons (Fsp3) is 0.733. The Hall–Kier alpha value is -0.350. The van der Waals surface area contributed by atoms with Crippen LogP contribution >= 0.6 is 9.47 Å². The third-order valence-electron chi connectivity index (χ3n) is 3.42. The van der Waals surface area contributed by atoms with Gasteiger partial charge in [-0.1, -0.05) is 37.7 Å². The van der Waals surface area contributed by atoms with Crippen LogP contribution in [0.1, 0.15) is 45.4 Å². The predicted molar refractivity (Wildman–Crippen MR) is 78.9 cm³/mol. The van der Waals surface area contributed by atoms with Crippen LogP contribution in [0.2, 0.25) is 0 Å². The van der Waals surface area contributed by atoms with E-state index in [1.54, 1.807) is 0 Å². The highest BCUT2D eigenvalue weighted by atomic mass is 31.0. The van der Waals surface area contributed by atoms with Crippen molar-refractivity contribution in [3.05, 3.63) is 12.2 Å². The Kier molecular flexibility index (Phi) is 8.34. The highest BCUT2D eigenvalue weighted by Crippen LogP contribution is 2.40. The van der Waals surface area contributed by atoms with E-state index < -0.39 is 0 Å². The molecule has 1 aliphatic rings. The Morgan fingerprint density at radius 2 is 2.28 bits per heavy atom. The van der Waals surface area contributed by atoms with Crippen LogP contribution in [0.15, 0.2) is 12.2 Å². The second kappa shape index (κ2) is 9.56. The van der Waals surface area contributed by atoms with Gasteiger partial charge in [-0.15, -0.1) is 0 Å². The summed E-state index contributed by atoms with van der Waals surface area (Å²) in [6.45, 7) is 2.53. The quantitative estimate of drug-likeness (QED) is 0.416. The van der Waals surface area contributed by atoms with E-state index in [0.717, 1.165) is 12.8 Å². The maximum atomic E-state index is 8.92. The van der Waals surface area contributed by atoms with Crippen molar-refractivity contribution in [1.82, 2.24) is 0 Å². The minimum atomic E-state index is 0.0392. The molecule has 1 rings (SSSR count). The number of rotatable bonds is 8. The Balaban J connectivity index is 2.15. The predicted octanol–water partition coefficient (Wildman–Crippen LogP) is 3.32. The minimum Gasteiger partial charge on any atom is -0.396 e. The molecule has 0 saturated heterocycles. The molecule has 0 aromatic carbocycles. The summed E-state index contributed by atoms with van der Waals surface area (Å²) in [4.78, 5) is 0. The van der Waals surface area contributed by atoms with Gasteiger partial charge in [0.2, 0.25) is 0 Å². The van der Waals surface area contributed by atoms with Crippen LogP contribution in [0.4, 0.5) is 0 Å². The molecule has 0 spiro atoms. The molecule has 1 aliphatic carbocycles. The van der Waals surface area contributed by atoms with Crippen molar-refractivity contribution in [3.8, 4) is 11.8 Å². The van der Waals surface area contributed by atoms with Crippen LogP contribution in [0.25, 0.3) is 0 Å². The van der Waals surface area contributed by atoms with Crippen LogP contribution < -0.4 is 0 Å². The van der Waals surface area contributed by atoms with Gasteiger partial charge in [-0.3, -0.25) is 0 Å². The van der Waals surface area contributed by atoms with E-state index in [0.29, 0.717) is 18.4 Å². The molecule has 0 heterocycles. The molecule has 2 nitrogen and oxygen atoms in total.